The van der Waals surface area contributed by atoms with E-state index in [1.807, 2.05) is 23.1 Å². The number of benzene rings is 1. The number of aryl methyl sites for hydroxylation is 2. The molecule has 1 aliphatic carbocycles. The van der Waals surface area contributed by atoms with Crippen molar-refractivity contribution in [3.05, 3.63) is 57.0 Å². The number of carbonyl (C=O) groups excluding carboxylic acids is 1. The summed E-state index contributed by atoms with van der Waals surface area (Å²) in [6, 6.07) is 8.12. The number of hydrogen-bond acceptors (Lipinski definition) is 4. The molecule has 2 aromatic heterocycles. The van der Waals surface area contributed by atoms with Gasteiger partial charge in [-0.3, -0.25) is 14.2 Å². The van der Waals surface area contributed by atoms with Gasteiger partial charge in [-0.25, -0.2) is 4.98 Å². The van der Waals surface area contributed by atoms with Crippen molar-refractivity contribution in [2.75, 3.05) is 4.90 Å². The first-order valence-electron chi connectivity index (χ1n) is 10.0. The Hall–Kier alpha value is -2.47. The van der Waals surface area contributed by atoms with Gasteiger partial charge in [0.2, 0.25) is 5.91 Å². The zero-order chi connectivity index (χ0) is 19.3. The molecule has 3 heterocycles. The Balaban J connectivity index is 1.50. The number of thiophene rings is 1. The molecule has 6 heteroatoms. The second-order valence-electron chi connectivity index (χ2n) is 7.87. The second-order valence-corrected chi connectivity index (χ2v) is 8.95. The Morgan fingerprint density at radius 1 is 1.21 bits per heavy atom. The molecule has 144 valence electrons. The molecule has 1 unspecified atom stereocenters. The molecule has 28 heavy (non-hydrogen) atoms. The lowest BCUT2D eigenvalue weighted by Gasteiger charge is -2.23. The van der Waals surface area contributed by atoms with Gasteiger partial charge >= 0.3 is 0 Å². The molecule has 0 radical (unpaired) electrons. The largest absolute Gasteiger partial charge is 0.307 e. The minimum atomic E-state index is -0.0714. The average molecular weight is 394 g/mol. The first-order valence-corrected chi connectivity index (χ1v) is 10.8. The molecule has 0 spiro atoms. The lowest BCUT2D eigenvalue weighted by atomic mass is 10.1. The predicted molar refractivity (Wildman–Crippen MR) is 112 cm³/mol. The van der Waals surface area contributed by atoms with E-state index in [9.17, 15) is 9.59 Å². The number of rotatable bonds is 2. The van der Waals surface area contributed by atoms with Crippen molar-refractivity contribution in [1.82, 2.24) is 9.55 Å². The van der Waals surface area contributed by atoms with Crippen molar-refractivity contribution >= 4 is 33.1 Å². The van der Waals surface area contributed by atoms with Crippen molar-refractivity contribution in [1.29, 1.82) is 0 Å². The number of amides is 1. The Bertz CT molecular complexity index is 1130. The van der Waals surface area contributed by atoms with Gasteiger partial charge in [-0.15, -0.1) is 11.3 Å². The smallest absolute Gasteiger partial charge is 0.262 e. The van der Waals surface area contributed by atoms with Crippen molar-refractivity contribution in [3.8, 4) is 0 Å². The molecule has 5 rings (SSSR count). The van der Waals surface area contributed by atoms with Gasteiger partial charge in [-0.1, -0.05) is 24.6 Å². The van der Waals surface area contributed by atoms with E-state index in [0.717, 1.165) is 41.6 Å². The van der Waals surface area contributed by atoms with Gasteiger partial charge in [-0.2, -0.15) is 0 Å². The third kappa shape index (κ3) is 2.78. The molecule has 3 aromatic rings. The number of aromatic nitrogens is 2. The second kappa shape index (κ2) is 6.85. The molecule has 0 bridgehead atoms. The van der Waals surface area contributed by atoms with E-state index in [4.69, 9.17) is 0 Å². The standard InChI is InChI=1S/C22H23N3O2S/c1-14-11-15-7-5-6-9-17(15)25(14)19(26)12-24-13-23-21-20(22(24)27)16-8-3-2-4-10-18(16)28-21/h5-7,9,13-14H,2-4,8,10-12H2,1H3. The van der Waals surface area contributed by atoms with Crippen LogP contribution in [0.5, 0.6) is 0 Å². The van der Waals surface area contributed by atoms with E-state index in [2.05, 4.69) is 18.0 Å². The van der Waals surface area contributed by atoms with Crippen LogP contribution in [0.4, 0.5) is 5.69 Å². The maximum atomic E-state index is 13.2. The van der Waals surface area contributed by atoms with Crippen LogP contribution in [0.1, 0.15) is 42.2 Å². The molecule has 0 fully saturated rings. The van der Waals surface area contributed by atoms with Crippen LogP contribution in [0.15, 0.2) is 35.4 Å². The van der Waals surface area contributed by atoms with Crippen molar-refractivity contribution < 1.29 is 4.79 Å². The first-order chi connectivity index (χ1) is 13.6. The van der Waals surface area contributed by atoms with Crippen LogP contribution in [0, 0.1) is 0 Å². The van der Waals surface area contributed by atoms with Gasteiger partial charge in [0.15, 0.2) is 0 Å². The summed E-state index contributed by atoms with van der Waals surface area (Å²) in [5.41, 5.74) is 3.26. The molecule has 2 aliphatic rings. The summed E-state index contributed by atoms with van der Waals surface area (Å²) >= 11 is 1.65. The van der Waals surface area contributed by atoms with E-state index < -0.39 is 0 Å². The topological polar surface area (TPSA) is 55.2 Å². The summed E-state index contributed by atoms with van der Waals surface area (Å²) in [4.78, 5) is 34.8. The number of hydrogen-bond donors (Lipinski definition) is 0. The maximum absolute atomic E-state index is 13.2. The van der Waals surface area contributed by atoms with Crippen LogP contribution >= 0.6 is 11.3 Å². The Morgan fingerprint density at radius 2 is 2.04 bits per heavy atom. The SMILES string of the molecule is CC1Cc2ccccc2N1C(=O)Cn1cnc2sc3c(c2c1=O)CCCCC3. The fourth-order valence-corrected chi connectivity index (χ4v) is 5.86. The summed E-state index contributed by atoms with van der Waals surface area (Å²) < 4.78 is 1.50. The first kappa shape index (κ1) is 17.6. The molecule has 0 saturated carbocycles. The van der Waals surface area contributed by atoms with Crippen LogP contribution in [0.2, 0.25) is 0 Å². The maximum Gasteiger partial charge on any atom is 0.262 e. The summed E-state index contributed by atoms with van der Waals surface area (Å²) in [6.07, 6.45) is 7.89. The quantitative estimate of drug-likeness (QED) is 0.624. The van der Waals surface area contributed by atoms with Gasteiger partial charge in [0, 0.05) is 16.6 Å². The zero-order valence-electron chi connectivity index (χ0n) is 16.0. The third-order valence-electron chi connectivity index (χ3n) is 5.97. The number of fused-ring (bicyclic) bond motifs is 4. The van der Waals surface area contributed by atoms with Crippen LogP contribution in [-0.2, 0) is 30.6 Å². The molecule has 1 atom stereocenters. The lowest BCUT2D eigenvalue weighted by molar-refractivity contribution is -0.119. The highest BCUT2D eigenvalue weighted by molar-refractivity contribution is 7.18. The van der Waals surface area contributed by atoms with Gasteiger partial charge in [0.25, 0.3) is 5.56 Å². The summed E-state index contributed by atoms with van der Waals surface area (Å²) in [5, 5.41) is 0.743. The highest BCUT2D eigenvalue weighted by Crippen LogP contribution is 2.33. The molecule has 0 saturated heterocycles. The Labute approximate surface area is 167 Å². The van der Waals surface area contributed by atoms with Crippen LogP contribution in [0.25, 0.3) is 10.2 Å². The summed E-state index contributed by atoms with van der Waals surface area (Å²) in [7, 11) is 0. The van der Waals surface area contributed by atoms with E-state index in [1.54, 1.807) is 17.7 Å². The molecule has 1 aromatic carbocycles. The van der Waals surface area contributed by atoms with E-state index in [1.165, 1.54) is 33.4 Å². The van der Waals surface area contributed by atoms with E-state index >= 15 is 0 Å². The highest BCUT2D eigenvalue weighted by Gasteiger charge is 2.31. The molecule has 0 N–H and O–H groups in total. The van der Waals surface area contributed by atoms with Crippen LogP contribution < -0.4 is 10.5 Å². The van der Waals surface area contributed by atoms with Crippen molar-refractivity contribution in [2.45, 2.75) is 58.0 Å². The predicted octanol–water partition coefficient (Wildman–Crippen LogP) is 3.70. The summed E-state index contributed by atoms with van der Waals surface area (Å²) in [6.45, 7) is 2.09. The van der Waals surface area contributed by atoms with Gasteiger partial charge in [0.05, 0.1) is 11.7 Å². The van der Waals surface area contributed by atoms with Crippen LogP contribution in [-0.4, -0.2) is 21.5 Å². The van der Waals surface area contributed by atoms with Crippen LogP contribution in [0.3, 0.4) is 0 Å². The molecule has 1 amide bonds. The van der Waals surface area contributed by atoms with Gasteiger partial charge in [-0.05, 0) is 56.2 Å². The molecular weight excluding hydrogens is 370 g/mol. The summed E-state index contributed by atoms with van der Waals surface area (Å²) in [5.74, 6) is -0.0537. The number of nitrogens with zero attached hydrogens (tertiary/aromatic N) is 3. The van der Waals surface area contributed by atoms with Gasteiger partial charge < -0.3 is 4.90 Å². The van der Waals surface area contributed by atoms with Crippen molar-refractivity contribution in [3.63, 3.8) is 0 Å². The lowest BCUT2D eigenvalue weighted by Crippen LogP contribution is -2.40. The zero-order valence-corrected chi connectivity index (χ0v) is 16.8. The minimum Gasteiger partial charge on any atom is -0.307 e. The molecular formula is C22H23N3O2S. The Kier molecular flexibility index (Phi) is 4.31. The average Bonchev–Trinajstić information content (AvgIpc) is 3.12. The van der Waals surface area contributed by atoms with E-state index in [-0.39, 0.29) is 24.1 Å². The third-order valence-corrected chi connectivity index (χ3v) is 7.17. The number of anilines is 1. The minimum absolute atomic E-state index is 0.0328. The molecule has 5 nitrogen and oxygen atoms in total. The monoisotopic (exact) mass is 393 g/mol. The highest BCUT2D eigenvalue weighted by atomic mass is 32.1. The van der Waals surface area contributed by atoms with Crippen molar-refractivity contribution in [2.24, 2.45) is 0 Å². The fourth-order valence-electron chi connectivity index (χ4n) is 4.64. The van der Waals surface area contributed by atoms with E-state index in [0.29, 0.717) is 0 Å². The fraction of sp³-hybridized carbons (Fsp3) is 0.409. The van der Waals surface area contributed by atoms with Gasteiger partial charge in [0.1, 0.15) is 11.4 Å². The number of carbonyl (C=O) groups is 1. The molecule has 1 aliphatic heterocycles. The normalized spacial score (nSPS) is 18.8. The number of para-hydroxylation sites is 1. The Morgan fingerprint density at radius 3 is 2.93 bits per heavy atom.